The fourth-order valence-electron chi connectivity index (χ4n) is 3.18. The molecule has 10 heteroatoms. The Kier molecular flexibility index (Phi) is 5.54. The number of aromatic nitrogens is 2. The maximum absolute atomic E-state index is 11.2. The molecule has 0 fully saturated rings. The first kappa shape index (κ1) is 19.5. The quantitative estimate of drug-likeness (QED) is 0.563. The predicted octanol–water partition coefficient (Wildman–Crippen LogP) is 1.38. The van der Waals surface area contributed by atoms with Gasteiger partial charge in [-0.2, -0.15) is 10.1 Å². The molecule has 29 heavy (non-hydrogen) atoms. The third-order valence-corrected chi connectivity index (χ3v) is 5.43. The second-order valence-electron chi connectivity index (χ2n) is 7.10. The lowest BCUT2D eigenvalue weighted by Crippen LogP contribution is -2.27. The Labute approximate surface area is 172 Å². The van der Waals surface area contributed by atoms with Gasteiger partial charge >= 0.3 is 0 Å². The van der Waals surface area contributed by atoms with Crippen LogP contribution >= 0.6 is 11.8 Å². The zero-order valence-electron chi connectivity index (χ0n) is 16.2. The summed E-state index contributed by atoms with van der Waals surface area (Å²) in [7, 11) is 0. The fraction of sp³-hybridized carbons (Fsp3) is 0.368. The molecule has 2 aliphatic rings. The van der Waals surface area contributed by atoms with E-state index < -0.39 is 0 Å². The maximum atomic E-state index is 11.2. The number of aliphatic hydroxyl groups is 1. The zero-order valence-corrected chi connectivity index (χ0v) is 17.0. The van der Waals surface area contributed by atoms with Gasteiger partial charge in [-0.05, 0) is 31.2 Å². The van der Waals surface area contributed by atoms with Gasteiger partial charge in [0.1, 0.15) is 10.8 Å². The van der Waals surface area contributed by atoms with Crippen molar-refractivity contribution in [3.05, 3.63) is 36.0 Å². The lowest BCUT2D eigenvalue weighted by molar-refractivity contribution is -0.114. The van der Waals surface area contributed by atoms with Crippen LogP contribution in [0.15, 0.2) is 50.3 Å². The minimum Gasteiger partial charge on any atom is -0.394 e. The summed E-state index contributed by atoms with van der Waals surface area (Å²) in [6.45, 7) is 4.17. The highest BCUT2D eigenvalue weighted by molar-refractivity contribution is 7.99. The molecule has 0 saturated heterocycles. The van der Waals surface area contributed by atoms with E-state index in [0.717, 1.165) is 27.8 Å². The number of carbonyl (C=O) groups is 1. The SMILES string of the molecule is CC(=O)Nc1ccc(Sc2cc3n(c(=NC4=NNC(C)C4)n2)CC(CO)N3)cc1. The van der Waals surface area contributed by atoms with Gasteiger partial charge in [0.25, 0.3) is 0 Å². The third-order valence-electron chi connectivity index (χ3n) is 4.51. The molecule has 0 radical (unpaired) electrons. The number of hydrogen-bond acceptors (Lipinski definition) is 8. The van der Waals surface area contributed by atoms with E-state index in [1.54, 1.807) is 0 Å². The predicted molar refractivity (Wildman–Crippen MR) is 112 cm³/mol. The first-order valence-corrected chi connectivity index (χ1v) is 10.2. The van der Waals surface area contributed by atoms with Crippen LogP contribution in [0.5, 0.6) is 0 Å². The zero-order chi connectivity index (χ0) is 20.4. The van der Waals surface area contributed by atoms with Crippen molar-refractivity contribution < 1.29 is 9.90 Å². The number of rotatable bonds is 4. The van der Waals surface area contributed by atoms with Gasteiger partial charge in [-0.3, -0.25) is 9.36 Å². The summed E-state index contributed by atoms with van der Waals surface area (Å²) in [5.74, 6) is 1.49. The second kappa shape index (κ2) is 8.26. The maximum Gasteiger partial charge on any atom is 0.233 e. The van der Waals surface area contributed by atoms with Gasteiger partial charge in [-0.15, -0.1) is 0 Å². The van der Waals surface area contributed by atoms with Crippen LogP contribution in [0.25, 0.3) is 0 Å². The van der Waals surface area contributed by atoms with Crippen molar-refractivity contribution in [3.8, 4) is 0 Å². The number of carbonyl (C=O) groups excluding carboxylic acids is 1. The average molecular weight is 414 g/mol. The molecule has 152 valence electrons. The van der Waals surface area contributed by atoms with Crippen LogP contribution < -0.4 is 21.7 Å². The van der Waals surface area contributed by atoms with Crippen LogP contribution in [0.4, 0.5) is 11.5 Å². The molecule has 0 aliphatic carbocycles. The van der Waals surface area contributed by atoms with Crippen molar-refractivity contribution in [2.45, 2.75) is 48.8 Å². The van der Waals surface area contributed by atoms with E-state index >= 15 is 0 Å². The van der Waals surface area contributed by atoms with Crippen LogP contribution in [-0.4, -0.2) is 45.1 Å². The molecular weight excluding hydrogens is 390 g/mol. The molecule has 9 nitrogen and oxygen atoms in total. The van der Waals surface area contributed by atoms with Crippen molar-refractivity contribution in [2.75, 3.05) is 17.2 Å². The van der Waals surface area contributed by atoms with Gasteiger partial charge in [-0.25, -0.2) is 4.98 Å². The van der Waals surface area contributed by atoms with Crippen molar-refractivity contribution in [3.63, 3.8) is 0 Å². The molecule has 0 bridgehead atoms. The molecule has 2 unspecified atom stereocenters. The Bertz CT molecular complexity index is 1020. The van der Waals surface area contributed by atoms with E-state index in [1.165, 1.54) is 18.7 Å². The number of aliphatic hydroxyl groups excluding tert-OH is 1. The Morgan fingerprint density at radius 1 is 1.41 bits per heavy atom. The standard InChI is InChI=1S/C19H23N7O2S/c1-11-7-16(25-24-11)22-19-23-18(8-17-21-14(10-27)9-26(17)19)29-15-5-3-13(4-6-15)20-12(2)28/h3-6,8,11,14,21,24,27H,7,9-10H2,1-2H3,(H,20,28). The number of hydrogen-bond donors (Lipinski definition) is 4. The van der Waals surface area contributed by atoms with E-state index in [1.807, 2.05) is 34.9 Å². The highest BCUT2D eigenvalue weighted by Crippen LogP contribution is 2.29. The number of hydrazone groups is 1. The average Bonchev–Trinajstić information content (AvgIpc) is 3.29. The van der Waals surface area contributed by atoms with E-state index in [0.29, 0.717) is 18.0 Å². The molecular formula is C19H23N7O2S. The van der Waals surface area contributed by atoms with Crippen LogP contribution in [0, 0.1) is 0 Å². The molecule has 2 aliphatic heterocycles. The smallest absolute Gasteiger partial charge is 0.233 e. The number of anilines is 2. The molecule has 1 amide bonds. The molecule has 3 heterocycles. The molecule has 2 aromatic rings. The summed E-state index contributed by atoms with van der Waals surface area (Å²) in [5, 5.41) is 20.7. The topological polar surface area (TPSA) is 116 Å². The largest absolute Gasteiger partial charge is 0.394 e. The first-order valence-electron chi connectivity index (χ1n) is 9.42. The van der Waals surface area contributed by atoms with E-state index in [2.05, 4.69) is 33.1 Å². The summed E-state index contributed by atoms with van der Waals surface area (Å²) >= 11 is 1.51. The molecule has 2 atom stereocenters. The summed E-state index contributed by atoms with van der Waals surface area (Å²) in [4.78, 5) is 21.5. The summed E-state index contributed by atoms with van der Waals surface area (Å²) in [6, 6.07) is 9.74. The highest BCUT2D eigenvalue weighted by atomic mass is 32.2. The fourth-order valence-corrected chi connectivity index (χ4v) is 3.99. The lowest BCUT2D eigenvalue weighted by Gasteiger charge is -2.08. The summed E-state index contributed by atoms with van der Waals surface area (Å²) < 4.78 is 1.97. The van der Waals surface area contributed by atoms with Gasteiger partial charge in [0.05, 0.1) is 12.6 Å². The number of amidine groups is 1. The van der Waals surface area contributed by atoms with Crippen LogP contribution in [0.1, 0.15) is 20.3 Å². The normalized spacial score (nSPS) is 20.7. The molecule has 1 aromatic heterocycles. The third kappa shape index (κ3) is 4.60. The van der Waals surface area contributed by atoms with Gasteiger partial charge in [-0.1, -0.05) is 11.8 Å². The molecule has 4 N–H and O–H groups in total. The minimum absolute atomic E-state index is 0.0355. The van der Waals surface area contributed by atoms with Crippen molar-refractivity contribution >= 4 is 35.0 Å². The van der Waals surface area contributed by atoms with Crippen LogP contribution in [0.3, 0.4) is 0 Å². The van der Waals surface area contributed by atoms with Gasteiger partial charge in [0.2, 0.25) is 11.5 Å². The van der Waals surface area contributed by atoms with Crippen molar-refractivity contribution in [1.82, 2.24) is 15.0 Å². The van der Waals surface area contributed by atoms with Crippen LogP contribution in [-0.2, 0) is 11.3 Å². The van der Waals surface area contributed by atoms with Gasteiger partial charge in [0, 0.05) is 42.6 Å². The van der Waals surface area contributed by atoms with E-state index in [4.69, 9.17) is 4.98 Å². The highest BCUT2D eigenvalue weighted by Gasteiger charge is 2.22. The molecule has 0 spiro atoms. The van der Waals surface area contributed by atoms with Crippen molar-refractivity contribution in [2.24, 2.45) is 10.1 Å². The Morgan fingerprint density at radius 2 is 2.21 bits per heavy atom. The Hall–Kier alpha value is -2.85. The summed E-state index contributed by atoms with van der Waals surface area (Å²) in [6.07, 6.45) is 0.746. The number of amides is 1. The molecule has 0 saturated carbocycles. The van der Waals surface area contributed by atoms with E-state index in [-0.39, 0.29) is 24.6 Å². The Morgan fingerprint density at radius 3 is 2.86 bits per heavy atom. The minimum atomic E-state index is -0.0999. The monoisotopic (exact) mass is 413 g/mol. The lowest BCUT2D eigenvalue weighted by atomic mass is 10.2. The first-order chi connectivity index (χ1) is 14.0. The van der Waals surface area contributed by atoms with Crippen LogP contribution in [0.2, 0.25) is 0 Å². The van der Waals surface area contributed by atoms with Gasteiger partial charge in [0.15, 0.2) is 5.84 Å². The second-order valence-corrected chi connectivity index (χ2v) is 8.19. The Balaban J connectivity index is 1.63. The number of benzene rings is 1. The number of fused-ring (bicyclic) bond motifs is 1. The summed E-state index contributed by atoms with van der Waals surface area (Å²) in [5.41, 5.74) is 4.34. The number of nitrogens with one attached hydrogen (secondary N) is 3. The number of nitrogens with zero attached hydrogens (tertiary/aromatic N) is 4. The molecule has 4 rings (SSSR count). The van der Waals surface area contributed by atoms with Gasteiger partial charge < -0.3 is 21.2 Å². The molecule has 1 aromatic carbocycles. The van der Waals surface area contributed by atoms with E-state index in [9.17, 15) is 9.90 Å². The van der Waals surface area contributed by atoms with Crippen molar-refractivity contribution in [1.29, 1.82) is 0 Å².